The first kappa shape index (κ1) is 19.6. The average Bonchev–Trinajstić information content (AvgIpc) is 2.54. The summed E-state index contributed by atoms with van der Waals surface area (Å²) in [6, 6.07) is 3.77. The molecule has 130 valence electrons. The summed E-state index contributed by atoms with van der Waals surface area (Å²) >= 11 is 0. The highest BCUT2D eigenvalue weighted by molar-refractivity contribution is 5.95. The van der Waals surface area contributed by atoms with E-state index in [9.17, 15) is 4.79 Å². The van der Waals surface area contributed by atoms with Crippen LogP contribution < -0.4 is 15.2 Å². The molecule has 1 atom stereocenters. The molecule has 5 nitrogen and oxygen atoms in total. The van der Waals surface area contributed by atoms with Crippen LogP contribution in [0, 0.1) is 12.8 Å². The molecule has 1 aliphatic heterocycles. The molecule has 0 aliphatic carbocycles. The summed E-state index contributed by atoms with van der Waals surface area (Å²) < 4.78 is 10.7. The fraction of sp³-hybridized carbons (Fsp3) is 0.588. The molecule has 0 saturated carbocycles. The van der Waals surface area contributed by atoms with E-state index in [-0.39, 0.29) is 24.4 Å². The van der Waals surface area contributed by atoms with E-state index in [2.05, 4.69) is 0 Å². The number of hydrogen-bond acceptors (Lipinski definition) is 4. The molecule has 1 unspecified atom stereocenters. The van der Waals surface area contributed by atoms with Gasteiger partial charge in [-0.2, -0.15) is 0 Å². The van der Waals surface area contributed by atoms with Crippen LogP contribution in [0.3, 0.4) is 0 Å². The number of rotatable bonds is 4. The van der Waals surface area contributed by atoms with E-state index in [4.69, 9.17) is 15.2 Å². The predicted octanol–water partition coefficient (Wildman–Crippen LogP) is 2.63. The Morgan fingerprint density at radius 2 is 1.70 bits per heavy atom. The average molecular weight is 343 g/mol. The van der Waals surface area contributed by atoms with Gasteiger partial charge in [0, 0.05) is 30.3 Å². The number of halogens is 1. The highest BCUT2D eigenvalue weighted by atomic mass is 35.5. The molecule has 1 heterocycles. The van der Waals surface area contributed by atoms with Gasteiger partial charge in [-0.15, -0.1) is 12.4 Å². The van der Waals surface area contributed by atoms with Crippen LogP contribution in [0.2, 0.25) is 0 Å². The Hall–Kier alpha value is -1.46. The SMILES string of the molecule is COc1cc(C(=O)N2CCC(C(C)N)CC2)cc(OC)c1C.Cl. The van der Waals surface area contributed by atoms with Gasteiger partial charge >= 0.3 is 0 Å². The van der Waals surface area contributed by atoms with Crippen LogP contribution in [0.4, 0.5) is 0 Å². The smallest absolute Gasteiger partial charge is 0.254 e. The third kappa shape index (κ3) is 4.30. The van der Waals surface area contributed by atoms with Gasteiger partial charge in [-0.3, -0.25) is 4.79 Å². The second-order valence-electron chi connectivity index (χ2n) is 5.99. The minimum Gasteiger partial charge on any atom is -0.496 e. The Bertz CT molecular complexity index is 516. The van der Waals surface area contributed by atoms with Crippen LogP contribution in [0.5, 0.6) is 11.5 Å². The van der Waals surface area contributed by atoms with Crippen molar-refractivity contribution in [1.82, 2.24) is 4.90 Å². The van der Waals surface area contributed by atoms with Gasteiger partial charge in [-0.05, 0) is 44.7 Å². The van der Waals surface area contributed by atoms with Crippen LogP contribution in [-0.2, 0) is 0 Å². The molecule has 1 aliphatic rings. The van der Waals surface area contributed by atoms with Crippen LogP contribution in [0.15, 0.2) is 12.1 Å². The second-order valence-corrected chi connectivity index (χ2v) is 5.99. The Morgan fingerprint density at radius 1 is 1.22 bits per heavy atom. The van der Waals surface area contributed by atoms with Crippen molar-refractivity contribution >= 4 is 18.3 Å². The van der Waals surface area contributed by atoms with Gasteiger partial charge in [0.25, 0.3) is 5.91 Å². The van der Waals surface area contributed by atoms with Gasteiger partial charge in [0.15, 0.2) is 0 Å². The lowest BCUT2D eigenvalue weighted by Gasteiger charge is -2.33. The van der Waals surface area contributed by atoms with Gasteiger partial charge < -0.3 is 20.1 Å². The molecular formula is C17H27ClN2O3. The lowest BCUT2D eigenvalue weighted by atomic mass is 9.90. The van der Waals surface area contributed by atoms with E-state index in [0.29, 0.717) is 23.0 Å². The molecular weight excluding hydrogens is 316 g/mol. The van der Waals surface area contributed by atoms with E-state index in [1.807, 2.05) is 18.7 Å². The molecule has 1 amide bonds. The maximum absolute atomic E-state index is 12.7. The van der Waals surface area contributed by atoms with Crippen molar-refractivity contribution in [1.29, 1.82) is 0 Å². The van der Waals surface area contributed by atoms with Crippen LogP contribution in [0.25, 0.3) is 0 Å². The van der Waals surface area contributed by atoms with Crippen molar-refractivity contribution in [3.8, 4) is 11.5 Å². The molecule has 1 aromatic rings. The first-order valence-corrected chi connectivity index (χ1v) is 7.75. The van der Waals surface area contributed by atoms with Gasteiger partial charge in [0.1, 0.15) is 11.5 Å². The number of likely N-dealkylation sites (tertiary alicyclic amines) is 1. The topological polar surface area (TPSA) is 64.8 Å². The fourth-order valence-corrected chi connectivity index (χ4v) is 3.02. The van der Waals surface area contributed by atoms with Crippen molar-refractivity contribution in [2.75, 3.05) is 27.3 Å². The number of amides is 1. The zero-order chi connectivity index (χ0) is 16.3. The monoisotopic (exact) mass is 342 g/mol. The summed E-state index contributed by atoms with van der Waals surface area (Å²) in [6.07, 6.45) is 1.92. The first-order chi connectivity index (χ1) is 10.5. The summed E-state index contributed by atoms with van der Waals surface area (Å²) in [5.41, 5.74) is 7.47. The minimum atomic E-state index is 0. The Balaban J connectivity index is 0.00000264. The lowest BCUT2D eigenvalue weighted by Crippen LogP contribution is -2.42. The number of ether oxygens (including phenoxy) is 2. The van der Waals surface area contributed by atoms with Gasteiger partial charge in [0.2, 0.25) is 0 Å². The summed E-state index contributed by atoms with van der Waals surface area (Å²) in [6.45, 7) is 5.46. The molecule has 6 heteroatoms. The van der Waals surface area contributed by atoms with Crippen LogP contribution in [-0.4, -0.2) is 44.2 Å². The molecule has 1 aromatic carbocycles. The number of nitrogens with two attached hydrogens (primary N) is 1. The third-order valence-electron chi connectivity index (χ3n) is 4.57. The molecule has 0 bridgehead atoms. The summed E-state index contributed by atoms with van der Waals surface area (Å²) in [7, 11) is 3.20. The molecule has 0 radical (unpaired) electrons. The molecule has 1 saturated heterocycles. The summed E-state index contributed by atoms with van der Waals surface area (Å²) in [5, 5.41) is 0. The van der Waals surface area contributed by atoms with E-state index in [0.717, 1.165) is 31.5 Å². The number of piperidine rings is 1. The highest BCUT2D eigenvalue weighted by Gasteiger charge is 2.26. The molecule has 1 fully saturated rings. The van der Waals surface area contributed by atoms with E-state index in [1.165, 1.54) is 0 Å². The summed E-state index contributed by atoms with van der Waals surface area (Å²) in [5.74, 6) is 1.88. The number of benzene rings is 1. The first-order valence-electron chi connectivity index (χ1n) is 7.75. The van der Waals surface area contributed by atoms with Gasteiger partial charge in [-0.1, -0.05) is 0 Å². The van der Waals surface area contributed by atoms with Crippen molar-refractivity contribution in [2.24, 2.45) is 11.7 Å². The standard InChI is InChI=1S/C17H26N2O3.ClH/c1-11-15(21-3)9-14(10-16(11)22-4)17(20)19-7-5-13(6-8-19)12(2)18;/h9-10,12-13H,5-8,18H2,1-4H3;1H. The summed E-state index contributed by atoms with van der Waals surface area (Å²) in [4.78, 5) is 14.6. The van der Waals surface area contributed by atoms with Gasteiger partial charge in [-0.25, -0.2) is 0 Å². The van der Waals surface area contributed by atoms with Crippen molar-refractivity contribution in [3.05, 3.63) is 23.3 Å². The molecule has 2 rings (SSSR count). The number of nitrogens with zero attached hydrogens (tertiary/aromatic N) is 1. The minimum absolute atomic E-state index is 0. The quantitative estimate of drug-likeness (QED) is 0.913. The number of carbonyl (C=O) groups is 1. The predicted molar refractivity (Wildman–Crippen MR) is 93.8 cm³/mol. The van der Waals surface area contributed by atoms with E-state index in [1.54, 1.807) is 26.4 Å². The largest absolute Gasteiger partial charge is 0.496 e. The Kier molecular flexibility index (Phi) is 7.16. The van der Waals surface area contributed by atoms with Crippen LogP contribution >= 0.6 is 12.4 Å². The highest BCUT2D eigenvalue weighted by Crippen LogP contribution is 2.30. The van der Waals surface area contributed by atoms with Crippen LogP contribution in [0.1, 0.15) is 35.7 Å². The zero-order valence-corrected chi connectivity index (χ0v) is 15.1. The normalized spacial score (nSPS) is 16.5. The maximum atomic E-state index is 12.7. The zero-order valence-electron chi connectivity index (χ0n) is 14.3. The van der Waals surface area contributed by atoms with Gasteiger partial charge in [0.05, 0.1) is 14.2 Å². The van der Waals surface area contributed by atoms with Crippen molar-refractivity contribution in [3.63, 3.8) is 0 Å². The number of hydrogen-bond donors (Lipinski definition) is 1. The lowest BCUT2D eigenvalue weighted by molar-refractivity contribution is 0.0680. The molecule has 0 spiro atoms. The van der Waals surface area contributed by atoms with Crippen molar-refractivity contribution in [2.45, 2.75) is 32.7 Å². The molecule has 23 heavy (non-hydrogen) atoms. The maximum Gasteiger partial charge on any atom is 0.254 e. The van der Waals surface area contributed by atoms with Crippen molar-refractivity contribution < 1.29 is 14.3 Å². The fourth-order valence-electron chi connectivity index (χ4n) is 3.02. The second kappa shape index (κ2) is 8.41. The molecule has 2 N–H and O–H groups in total. The van der Waals surface area contributed by atoms with E-state index >= 15 is 0 Å². The van der Waals surface area contributed by atoms with E-state index < -0.39 is 0 Å². The Morgan fingerprint density at radius 3 is 2.09 bits per heavy atom. The third-order valence-corrected chi connectivity index (χ3v) is 4.57. The molecule has 0 aromatic heterocycles. The number of carbonyl (C=O) groups excluding carboxylic acids is 1. The number of methoxy groups -OCH3 is 2. The Labute approximate surface area is 144 Å².